The molecule has 0 spiro atoms. The smallest absolute Gasteiger partial charge is 0.320 e. The lowest BCUT2D eigenvalue weighted by atomic mass is 10.2. The largest absolute Gasteiger partial charge is 0.463 e. The summed E-state index contributed by atoms with van der Waals surface area (Å²) < 4.78 is 61.1. The lowest BCUT2D eigenvalue weighted by Crippen LogP contribution is -2.47. The van der Waals surface area contributed by atoms with Gasteiger partial charge in [0.25, 0.3) is 0 Å². The lowest BCUT2D eigenvalue weighted by molar-refractivity contribution is -0.267. The Morgan fingerprint density at radius 3 is 2.28 bits per heavy atom. The van der Waals surface area contributed by atoms with Gasteiger partial charge in [-0.3, -0.25) is 4.79 Å². The highest BCUT2D eigenvalue weighted by molar-refractivity contribution is 6.31. The molecule has 1 N–H and O–H groups in total. The Balaban J connectivity index is 2.99. The third kappa shape index (κ3) is 2.72. The summed E-state index contributed by atoms with van der Waals surface area (Å²) in [6.45, 7) is 1.38. The third-order valence-electron chi connectivity index (χ3n) is 2.16. The minimum absolute atomic E-state index is 0.142. The van der Waals surface area contributed by atoms with Crippen molar-refractivity contribution in [3.8, 4) is 0 Å². The predicted octanol–water partition coefficient (Wildman–Crippen LogP) is 3.78. The Bertz CT molecular complexity index is 472. The zero-order chi connectivity index (χ0) is 14.1. The van der Waals surface area contributed by atoms with E-state index in [-0.39, 0.29) is 16.3 Å². The number of rotatable bonds is 2. The number of carbonyl (C=O) groups excluding carboxylic acids is 1. The van der Waals surface area contributed by atoms with Gasteiger partial charge >= 0.3 is 18.0 Å². The van der Waals surface area contributed by atoms with E-state index in [1.165, 1.54) is 30.4 Å². The Hall–Kier alpha value is -1.37. The van der Waals surface area contributed by atoms with Gasteiger partial charge in [-0.15, -0.1) is 0 Å². The van der Waals surface area contributed by atoms with Crippen LogP contribution in [0.3, 0.4) is 0 Å². The lowest BCUT2D eigenvalue weighted by Gasteiger charge is -2.19. The fourth-order valence-electron chi connectivity index (χ4n) is 1.07. The molecule has 0 bridgehead atoms. The van der Waals surface area contributed by atoms with Crippen LogP contribution in [0.25, 0.3) is 0 Å². The van der Waals surface area contributed by atoms with Crippen molar-refractivity contribution in [1.82, 2.24) is 0 Å². The van der Waals surface area contributed by atoms with Gasteiger partial charge in [0.1, 0.15) is 0 Å². The van der Waals surface area contributed by atoms with Gasteiger partial charge in [0.2, 0.25) is 0 Å². The average molecular weight is 288 g/mol. The van der Waals surface area contributed by atoms with Crippen molar-refractivity contribution in [2.24, 2.45) is 0 Å². The first-order valence-corrected chi connectivity index (χ1v) is 4.96. The molecule has 0 aliphatic rings. The van der Waals surface area contributed by atoms with Gasteiger partial charge in [0, 0.05) is 10.7 Å². The Labute approximate surface area is 104 Å². The maximum atomic E-state index is 12.7. The first-order chi connectivity index (χ1) is 8.07. The monoisotopic (exact) mass is 287 g/mol. The van der Waals surface area contributed by atoms with Crippen LogP contribution in [-0.2, 0) is 4.79 Å². The van der Waals surface area contributed by atoms with Gasteiger partial charge in [-0.25, -0.2) is 0 Å². The zero-order valence-electron chi connectivity index (χ0n) is 8.91. The molecule has 0 saturated heterocycles. The van der Waals surface area contributed by atoms with Crippen molar-refractivity contribution in [2.75, 3.05) is 5.32 Å². The minimum atomic E-state index is -5.94. The molecule has 1 amide bonds. The van der Waals surface area contributed by atoms with Crippen LogP contribution in [0.5, 0.6) is 0 Å². The Morgan fingerprint density at radius 1 is 1.22 bits per heavy atom. The number of carbonyl (C=O) groups is 1. The van der Waals surface area contributed by atoms with Gasteiger partial charge in [-0.1, -0.05) is 17.7 Å². The molecule has 0 saturated carbocycles. The highest BCUT2D eigenvalue weighted by Crippen LogP contribution is 2.36. The summed E-state index contributed by atoms with van der Waals surface area (Å²) in [6, 6.07) is 3.90. The molecule has 1 aromatic rings. The van der Waals surface area contributed by atoms with Crippen molar-refractivity contribution in [3.05, 3.63) is 28.8 Å². The molecule has 0 heterocycles. The maximum Gasteiger partial charge on any atom is 0.463 e. The van der Waals surface area contributed by atoms with E-state index in [1.54, 1.807) is 0 Å². The maximum absolute atomic E-state index is 12.7. The average Bonchev–Trinajstić information content (AvgIpc) is 2.23. The number of benzene rings is 1. The summed E-state index contributed by atoms with van der Waals surface area (Å²) in [6.07, 6.45) is -5.94. The van der Waals surface area contributed by atoms with Crippen LogP contribution in [-0.4, -0.2) is 18.0 Å². The van der Waals surface area contributed by atoms with Crippen molar-refractivity contribution >= 4 is 23.2 Å². The quantitative estimate of drug-likeness (QED) is 0.824. The van der Waals surface area contributed by atoms with E-state index in [1.807, 2.05) is 0 Å². The minimum Gasteiger partial charge on any atom is -0.320 e. The first-order valence-electron chi connectivity index (χ1n) is 4.58. The second kappa shape index (κ2) is 4.72. The van der Waals surface area contributed by atoms with E-state index in [4.69, 9.17) is 11.6 Å². The standard InChI is InChI=1S/C10H7ClF5NO/c1-5-6(11)3-2-4-7(5)17-8(18)9(12,13)10(14,15)16/h2-4H,1H3,(H,17,18). The van der Waals surface area contributed by atoms with Crippen LogP contribution in [0.1, 0.15) is 5.56 Å². The number of amides is 1. The number of nitrogens with one attached hydrogen (secondary N) is 1. The highest BCUT2D eigenvalue weighted by Gasteiger charge is 2.63. The van der Waals surface area contributed by atoms with Gasteiger partial charge in [0.05, 0.1) is 0 Å². The van der Waals surface area contributed by atoms with Gasteiger partial charge in [0.15, 0.2) is 0 Å². The first kappa shape index (κ1) is 14.7. The fourth-order valence-corrected chi connectivity index (χ4v) is 1.25. The second-order valence-corrected chi connectivity index (χ2v) is 3.85. The van der Waals surface area contributed by atoms with Crippen molar-refractivity contribution in [3.63, 3.8) is 0 Å². The SMILES string of the molecule is Cc1c(Cl)cccc1NC(=O)C(F)(F)C(F)(F)F. The molecule has 100 valence electrons. The molecule has 0 fully saturated rings. The number of hydrogen-bond donors (Lipinski definition) is 1. The molecule has 0 aliphatic heterocycles. The van der Waals surface area contributed by atoms with E-state index in [0.29, 0.717) is 0 Å². The van der Waals surface area contributed by atoms with E-state index < -0.39 is 18.0 Å². The van der Waals surface area contributed by atoms with Crippen LogP contribution in [0.15, 0.2) is 18.2 Å². The summed E-state index contributed by atoms with van der Waals surface area (Å²) >= 11 is 5.64. The number of hydrogen-bond acceptors (Lipinski definition) is 1. The summed E-state index contributed by atoms with van der Waals surface area (Å²) in [7, 11) is 0. The normalized spacial score (nSPS) is 12.4. The van der Waals surface area contributed by atoms with E-state index >= 15 is 0 Å². The number of alkyl halides is 5. The van der Waals surface area contributed by atoms with Gasteiger partial charge in [-0.2, -0.15) is 22.0 Å². The summed E-state index contributed by atoms with van der Waals surface area (Å²) in [5, 5.41) is 1.65. The topological polar surface area (TPSA) is 29.1 Å². The molecular weight excluding hydrogens is 281 g/mol. The van der Waals surface area contributed by atoms with E-state index in [0.717, 1.165) is 0 Å². The van der Waals surface area contributed by atoms with Crippen molar-refractivity contribution in [2.45, 2.75) is 19.0 Å². The van der Waals surface area contributed by atoms with Gasteiger partial charge in [-0.05, 0) is 24.6 Å². The summed E-state index contributed by atoms with van der Waals surface area (Å²) in [4.78, 5) is 10.9. The molecule has 1 aromatic carbocycles. The third-order valence-corrected chi connectivity index (χ3v) is 2.57. The second-order valence-electron chi connectivity index (χ2n) is 3.44. The van der Waals surface area contributed by atoms with Crippen LogP contribution in [0.2, 0.25) is 5.02 Å². The zero-order valence-corrected chi connectivity index (χ0v) is 9.66. The van der Waals surface area contributed by atoms with Crippen molar-refractivity contribution in [1.29, 1.82) is 0 Å². The fraction of sp³-hybridized carbons (Fsp3) is 0.300. The molecule has 0 atom stereocenters. The summed E-state index contributed by atoms with van der Waals surface area (Å²) in [5.74, 6) is -7.90. The number of halogens is 6. The van der Waals surface area contributed by atoms with Gasteiger partial charge < -0.3 is 5.32 Å². The van der Waals surface area contributed by atoms with Crippen LogP contribution < -0.4 is 5.32 Å². The van der Waals surface area contributed by atoms with Crippen LogP contribution >= 0.6 is 11.6 Å². The van der Waals surface area contributed by atoms with E-state index in [9.17, 15) is 26.7 Å². The molecule has 0 aromatic heterocycles. The highest BCUT2D eigenvalue weighted by atomic mass is 35.5. The Kier molecular flexibility index (Phi) is 3.85. The van der Waals surface area contributed by atoms with Crippen LogP contribution in [0.4, 0.5) is 27.6 Å². The molecule has 0 unspecified atom stereocenters. The molecular formula is C10H7ClF5NO. The molecule has 8 heteroatoms. The predicted molar refractivity (Wildman–Crippen MR) is 55.8 cm³/mol. The molecule has 1 rings (SSSR count). The van der Waals surface area contributed by atoms with Crippen LogP contribution in [0, 0.1) is 6.92 Å². The molecule has 18 heavy (non-hydrogen) atoms. The summed E-state index contributed by atoms with van der Waals surface area (Å²) in [5.41, 5.74) is 0.00177. The number of anilines is 1. The van der Waals surface area contributed by atoms with Crippen molar-refractivity contribution < 1.29 is 26.7 Å². The molecule has 0 radical (unpaired) electrons. The van der Waals surface area contributed by atoms with E-state index in [2.05, 4.69) is 0 Å². The Morgan fingerprint density at radius 2 is 1.78 bits per heavy atom. The molecule has 2 nitrogen and oxygen atoms in total. The molecule has 0 aliphatic carbocycles.